The number of thioether (sulfide) groups is 1. The number of hydrogen-bond acceptors (Lipinski definition) is 4. The fraction of sp³-hybridized carbons (Fsp3) is 0.667. The van der Waals surface area contributed by atoms with E-state index in [9.17, 15) is 9.90 Å². The molecule has 0 aliphatic heterocycles. The van der Waals surface area contributed by atoms with Crippen molar-refractivity contribution in [2.75, 3.05) is 19.1 Å². The molecular weight excluding hydrogens is 250 g/mol. The zero-order chi connectivity index (χ0) is 13.7. The van der Waals surface area contributed by atoms with Crippen LogP contribution in [0.3, 0.4) is 0 Å². The molecule has 0 aromatic carbocycles. The Kier molecular flexibility index (Phi) is 5.68. The SMILES string of the molecule is CSCC[C@H](O)C(=O)N(C)Cc1cnn(C)c1C. The average Bonchev–Trinajstić information content (AvgIpc) is 2.66. The van der Waals surface area contributed by atoms with E-state index in [1.807, 2.05) is 20.2 Å². The molecule has 0 bridgehead atoms. The van der Waals surface area contributed by atoms with Crippen LogP contribution in [-0.2, 0) is 18.4 Å². The molecule has 1 atom stereocenters. The second-order valence-corrected chi connectivity index (χ2v) is 5.36. The average molecular weight is 271 g/mol. The molecule has 1 amide bonds. The van der Waals surface area contributed by atoms with Crippen LogP contribution in [0.25, 0.3) is 0 Å². The Hall–Kier alpha value is -1.01. The summed E-state index contributed by atoms with van der Waals surface area (Å²) in [5.74, 6) is 0.555. The maximum atomic E-state index is 11.9. The van der Waals surface area contributed by atoms with Gasteiger partial charge in [0.2, 0.25) is 0 Å². The Bertz CT molecular complexity index is 406. The summed E-state index contributed by atoms with van der Waals surface area (Å²) in [4.78, 5) is 13.5. The predicted molar refractivity (Wildman–Crippen MR) is 73.4 cm³/mol. The van der Waals surface area contributed by atoms with Crippen molar-refractivity contribution < 1.29 is 9.90 Å². The summed E-state index contributed by atoms with van der Waals surface area (Å²) in [6.07, 6.45) is 3.31. The molecule has 6 heteroatoms. The van der Waals surface area contributed by atoms with Crippen molar-refractivity contribution >= 4 is 17.7 Å². The molecule has 0 unspecified atom stereocenters. The molecule has 18 heavy (non-hydrogen) atoms. The summed E-state index contributed by atoms with van der Waals surface area (Å²) in [5, 5.41) is 13.9. The van der Waals surface area contributed by atoms with E-state index in [2.05, 4.69) is 5.10 Å². The lowest BCUT2D eigenvalue weighted by molar-refractivity contribution is -0.139. The quantitative estimate of drug-likeness (QED) is 0.831. The van der Waals surface area contributed by atoms with Crippen molar-refractivity contribution in [3.05, 3.63) is 17.5 Å². The Morgan fingerprint density at radius 2 is 2.33 bits per heavy atom. The van der Waals surface area contributed by atoms with Crippen molar-refractivity contribution in [1.29, 1.82) is 0 Å². The Labute approximate surface area is 112 Å². The first-order valence-corrected chi connectivity index (χ1v) is 7.26. The first kappa shape index (κ1) is 15.0. The van der Waals surface area contributed by atoms with Gasteiger partial charge in [0, 0.05) is 31.9 Å². The topological polar surface area (TPSA) is 58.4 Å². The molecule has 5 nitrogen and oxygen atoms in total. The van der Waals surface area contributed by atoms with Crippen LogP contribution in [-0.4, -0.2) is 50.9 Å². The van der Waals surface area contributed by atoms with Gasteiger partial charge in [-0.3, -0.25) is 9.48 Å². The van der Waals surface area contributed by atoms with Gasteiger partial charge < -0.3 is 10.0 Å². The number of amides is 1. The fourth-order valence-corrected chi connectivity index (χ4v) is 2.10. The summed E-state index contributed by atoms with van der Waals surface area (Å²) in [7, 11) is 3.57. The third kappa shape index (κ3) is 3.74. The lowest BCUT2D eigenvalue weighted by Crippen LogP contribution is -2.36. The third-order valence-corrected chi connectivity index (χ3v) is 3.65. The Morgan fingerprint density at radius 3 is 2.83 bits per heavy atom. The molecule has 0 fully saturated rings. The zero-order valence-electron chi connectivity index (χ0n) is 11.4. The molecule has 102 valence electrons. The van der Waals surface area contributed by atoms with Gasteiger partial charge >= 0.3 is 0 Å². The van der Waals surface area contributed by atoms with Crippen LogP contribution in [0.4, 0.5) is 0 Å². The maximum absolute atomic E-state index is 11.9. The molecule has 0 aliphatic carbocycles. The zero-order valence-corrected chi connectivity index (χ0v) is 12.2. The standard InChI is InChI=1S/C12H21N3O2S/c1-9-10(7-13-15(9)3)8-14(2)12(17)11(16)5-6-18-4/h7,11,16H,5-6,8H2,1-4H3/t11-/m0/s1. The Morgan fingerprint density at radius 1 is 1.67 bits per heavy atom. The van der Waals surface area contributed by atoms with E-state index in [0.29, 0.717) is 13.0 Å². The first-order chi connectivity index (χ1) is 8.47. The van der Waals surface area contributed by atoms with Crippen LogP contribution >= 0.6 is 11.8 Å². The predicted octanol–water partition coefficient (Wildman–Crippen LogP) is 0.801. The van der Waals surface area contributed by atoms with E-state index >= 15 is 0 Å². The number of hydrogen-bond donors (Lipinski definition) is 1. The molecule has 1 N–H and O–H groups in total. The van der Waals surface area contributed by atoms with E-state index < -0.39 is 6.10 Å². The van der Waals surface area contributed by atoms with E-state index in [1.54, 1.807) is 34.6 Å². The number of aromatic nitrogens is 2. The minimum atomic E-state index is -0.903. The lowest BCUT2D eigenvalue weighted by Gasteiger charge is -2.20. The number of nitrogens with zero attached hydrogens (tertiary/aromatic N) is 3. The molecule has 0 spiro atoms. The highest BCUT2D eigenvalue weighted by molar-refractivity contribution is 7.98. The lowest BCUT2D eigenvalue weighted by atomic mass is 10.2. The molecule has 0 saturated carbocycles. The van der Waals surface area contributed by atoms with Gasteiger partial charge in [-0.1, -0.05) is 0 Å². The summed E-state index contributed by atoms with van der Waals surface area (Å²) < 4.78 is 1.78. The van der Waals surface area contributed by atoms with Crippen molar-refractivity contribution in [2.24, 2.45) is 7.05 Å². The largest absolute Gasteiger partial charge is 0.383 e. The van der Waals surface area contributed by atoms with Gasteiger partial charge in [0.15, 0.2) is 0 Å². The summed E-state index contributed by atoms with van der Waals surface area (Å²) in [5.41, 5.74) is 2.04. The molecule has 0 saturated heterocycles. The molecule has 1 aromatic rings. The Balaban J connectivity index is 2.57. The first-order valence-electron chi connectivity index (χ1n) is 5.86. The van der Waals surface area contributed by atoms with E-state index in [4.69, 9.17) is 0 Å². The number of carbonyl (C=O) groups is 1. The van der Waals surface area contributed by atoms with Gasteiger partial charge in [-0.15, -0.1) is 0 Å². The smallest absolute Gasteiger partial charge is 0.251 e. The maximum Gasteiger partial charge on any atom is 0.251 e. The van der Waals surface area contributed by atoms with Crippen LogP contribution in [0.5, 0.6) is 0 Å². The van der Waals surface area contributed by atoms with Crippen molar-refractivity contribution in [3.8, 4) is 0 Å². The van der Waals surface area contributed by atoms with Gasteiger partial charge in [0.1, 0.15) is 6.10 Å². The molecule has 1 rings (SSSR count). The number of aliphatic hydroxyl groups is 1. The molecule has 1 heterocycles. The van der Waals surface area contributed by atoms with E-state index in [1.165, 1.54) is 0 Å². The van der Waals surface area contributed by atoms with Crippen LogP contribution in [0.1, 0.15) is 17.7 Å². The minimum absolute atomic E-state index is 0.229. The van der Waals surface area contributed by atoms with Gasteiger partial charge in [0.25, 0.3) is 5.91 Å². The van der Waals surface area contributed by atoms with Crippen LogP contribution < -0.4 is 0 Å². The number of likely N-dealkylation sites (N-methyl/N-ethyl adjacent to an activating group) is 1. The second kappa shape index (κ2) is 6.80. The highest BCUT2D eigenvalue weighted by atomic mass is 32.2. The molecule has 1 aromatic heterocycles. The van der Waals surface area contributed by atoms with Crippen LogP contribution in [0.2, 0.25) is 0 Å². The summed E-state index contributed by atoms with van der Waals surface area (Å²) in [6.45, 7) is 2.44. The number of rotatable bonds is 6. The number of carbonyl (C=O) groups excluding carboxylic acids is 1. The third-order valence-electron chi connectivity index (χ3n) is 3.00. The number of aryl methyl sites for hydroxylation is 1. The van der Waals surface area contributed by atoms with Gasteiger partial charge in [0.05, 0.1) is 6.20 Å². The van der Waals surface area contributed by atoms with Gasteiger partial charge in [-0.2, -0.15) is 16.9 Å². The van der Waals surface area contributed by atoms with Gasteiger partial charge in [-0.05, 0) is 25.4 Å². The highest BCUT2D eigenvalue weighted by Crippen LogP contribution is 2.10. The number of aliphatic hydroxyl groups excluding tert-OH is 1. The van der Waals surface area contributed by atoms with Crippen molar-refractivity contribution in [3.63, 3.8) is 0 Å². The summed E-state index contributed by atoms with van der Waals surface area (Å²) >= 11 is 1.62. The van der Waals surface area contributed by atoms with Gasteiger partial charge in [-0.25, -0.2) is 0 Å². The van der Waals surface area contributed by atoms with Crippen molar-refractivity contribution in [2.45, 2.75) is 26.0 Å². The van der Waals surface area contributed by atoms with E-state index in [-0.39, 0.29) is 5.91 Å². The van der Waals surface area contributed by atoms with E-state index in [0.717, 1.165) is 17.0 Å². The fourth-order valence-electron chi connectivity index (χ4n) is 1.64. The normalized spacial score (nSPS) is 12.5. The monoisotopic (exact) mass is 271 g/mol. The minimum Gasteiger partial charge on any atom is -0.383 e. The molecular formula is C12H21N3O2S. The molecule has 0 aliphatic rings. The summed E-state index contributed by atoms with van der Waals surface area (Å²) in [6, 6.07) is 0. The molecule has 0 radical (unpaired) electrons. The van der Waals surface area contributed by atoms with Crippen LogP contribution in [0, 0.1) is 6.92 Å². The van der Waals surface area contributed by atoms with Crippen LogP contribution in [0.15, 0.2) is 6.20 Å². The highest BCUT2D eigenvalue weighted by Gasteiger charge is 2.20. The second-order valence-electron chi connectivity index (χ2n) is 4.37. The van der Waals surface area contributed by atoms with Crippen molar-refractivity contribution in [1.82, 2.24) is 14.7 Å².